The number of hydrogen-bond acceptors (Lipinski definition) is 4. The molecule has 7 heteroatoms. The van der Waals surface area contributed by atoms with Gasteiger partial charge in [0.05, 0.1) is 5.92 Å². The van der Waals surface area contributed by atoms with Crippen LogP contribution in [0.25, 0.3) is 11.1 Å². The summed E-state index contributed by atoms with van der Waals surface area (Å²) in [5.41, 5.74) is 4.67. The van der Waals surface area contributed by atoms with Crippen molar-refractivity contribution in [1.82, 2.24) is 10.6 Å². The van der Waals surface area contributed by atoms with Gasteiger partial charge in [-0.05, 0) is 48.4 Å². The number of fused-ring (bicyclic) bond motifs is 3. The minimum Gasteiger partial charge on any atom is -0.481 e. The SMILES string of the molecule is CC(CCC(=O)N[C@@H]1CCCCC[C@@H]1C(=O)O)NC(=O)OCC1c2ccccc2-c2ccccc21. The van der Waals surface area contributed by atoms with Crippen molar-refractivity contribution in [1.29, 1.82) is 0 Å². The van der Waals surface area contributed by atoms with Crippen molar-refractivity contribution < 1.29 is 24.2 Å². The molecule has 186 valence electrons. The van der Waals surface area contributed by atoms with Gasteiger partial charge in [-0.25, -0.2) is 4.79 Å². The van der Waals surface area contributed by atoms with E-state index in [0.717, 1.165) is 30.4 Å². The van der Waals surface area contributed by atoms with Crippen molar-refractivity contribution in [3.8, 4) is 11.1 Å². The van der Waals surface area contributed by atoms with Crippen molar-refractivity contribution in [2.75, 3.05) is 6.61 Å². The minimum atomic E-state index is -0.845. The summed E-state index contributed by atoms with van der Waals surface area (Å²) in [6, 6.07) is 15.8. The van der Waals surface area contributed by atoms with Crippen LogP contribution in [-0.2, 0) is 14.3 Å². The number of rotatable bonds is 8. The van der Waals surface area contributed by atoms with E-state index >= 15 is 0 Å². The number of carbonyl (C=O) groups excluding carboxylic acids is 2. The first-order valence-electron chi connectivity index (χ1n) is 12.6. The topological polar surface area (TPSA) is 105 Å². The normalized spacial score (nSPS) is 20.1. The van der Waals surface area contributed by atoms with Crippen molar-refractivity contribution >= 4 is 18.0 Å². The van der Waals surface area contributed by atoms with E-state index in [9.17, 15) is 19.5 Å². The third-order valence-corrected chi connectivity index (χ3v) is 7.19. The number of carboxylic acid groups (broad SMARTS) is 1. The number of carbonyl (C=O) groups is 3. The van der Waals surface area contributed by atoms with Gasteiger partial charge in [0.15, 0.2) is 0 Å². The Morgan fingerprint density at radius 1 is 0.971 bits per heavy atom. The van der Waals surface area contributed by atoms with Crippen LogP contribution in [0.5, 0.6) is 0 Å². The predicted molar refractivity (Wildman–Crippen MR) is 133 cm³/mol. The third-order valence-electron chi connectivity index (χ3n) is 7.19. The van der Waals surface area contributed by atoms with Crippen LogP contribution in [-0.4, -0.2) is 41.8 Å². The molecule has 0 bridgehead atoms. The highest BCUT2D eigenvalue weighted by Crippen LogP contribution is 2.44. The molecule has 1 saturated carbocycles. The predicted octanol–water partition coefficient (Wildman–Crippen LogP) is 4.84. The largest absolute Gasteiger partial charge is 0.481 e. The number of benzene rings is 2. The van der Waals surface area contributed by atoms with Gasteiger partial charge < -0.3 is 20.5 Å². The summed E-state index contributed by atoms with van der Waals surface area (Å²) in [5, 5.41) is 15.2. The maximum atomic E-state index is 12.5. The van der Waals surface area contributed by atoms with Crippen molar-refractivity contribution in [3.05, 3.63) is 59.7 Å². The van der Waals surface area contributed by atoms with E-state index in [0.29, 0.717) is 19.3 Å². The Balaban J connectivity index is 1.23. The van der Waals surface area contributed by atoms with Gasteiger partial charge in [-0.1, -0.05) is 67.8 Å². The first-order valence-corrected chi connectivity index (χ1v) is 12.6. The zero-order chi connectivity index (χ0) is 24.8. The van der Waals surface area contributed by atoms with Gasteiger partial charge in [-0.3, -0.25) is 9.59 Å². The van der Waals surface area contributed by atoms with Crippen LogP contribution >= 0.6 is 0 Å². The van der Waals surface area contributed by atoms with Crippen molar-refractivity contribution in [2.24, 2.45) is 5.92 Å². The Labute approximate surface area is 206 Å². The zero-order valence-electron chi connectivity index (χ0n) is 20.2. The molecule has 0 aromatic heterocycles. The average molecular weight is 479 g/mol. The highest BCUT2D eigenvalue weighted by Gasteiger charge is 2.31. The molecule has 0 heterocycles. The smallest absolute Gasteiger partial charge is 0.407 e. The Morgan fingerprint density at radius 3 is 2.26 bits per heavy atom. The first-order chi connectivity index (χ1) is 16.9. The summed E-state index contributed by atoms with van der Waals surface area (Å²) in [4.78, 5) is 36.5. The van der Waals surface area contributed by atoms with E-state index in [1.54, 1.807) is 0 Å². The number of nitrogens with one attached hydrogen (secondary N) is 2. The fraction of sp³-hybridized carbons (Fsp3) is 0.464. The number of ether oxygens (including phenoxy) is 1. The van der Waals surface area contributed by atoms with E-state index in [2.05, 4.69) is 34.9 Å². The van der Waals surface area contributed by atoms with Gasteiger partial charge in [0.1, 0.15) is 6.61 Å². The van der Waals surface area contributed by atoms with Gasteiger partial charge in [0.2, 0.25) is 5.91 Å². The summed E-state index contributed by atoms with van der Waals surface area (Å²) in [5.74, 6) is -1.55. The van der Waals surface area contributed by atoms with E-state index in [1.165, 1.54) is 11.1 Å². The molecular weight excluding hydrogens is 444 g/mol. The first kappa shape index (κ1) is 24.8. The second kappa shape index (κ2) is 11.4. The summed E-state index contributed by atoms with van der Waals surface area (Å²) >= 11 is 0. The molecule has 2 aromatic rings. The molecule has 0 spiro atoms. The van der Waals surface area contributed by atoms with Crippen molar-refractivity contribution in [3.63, 3.8) is 0 Å². The van der Waals surface area contributed by atoms with Crippen LogP contribution < -0.4 is 10.6 Å². The number of amides is 2. The molecule has 0 aliphatic heterocycles. The molecule has 2 amide bonds. The summed E-state index contributed by atoms with van der Waals surface area (Å²) in [6.45, 7) is 2.08. The lowest BCUT2D eigenvalue weighted by atomic mass is 9.94. The van der Waals surface area contributed by atoms with E-state index < -0.39 is 18.0 Å². The monoisotopic (exact) mass is 478 g/mol. The van der Waals surface area contributed by atoms with Crippen LogP contribution in [0, 0.1) is 5.92 Å². The molecule has 2 aliphatic rings. The Hall–Kier alpha value is -3.35. The molecule has 35 heavy (non-hydrogen) atoms. The number of carboxylic acids is 1. The molecule has 0 radical (unpaired) electrons. The van der Waals surface area contributed by atoms with Crippen LogP contribution in [0.3, 0.4) is 0 Å². The van der Waals surface area contributed by atoms with Gasteiger partial charge in [0.25, 0.3) is 0 Å². The number of alkyl carbamates (subject to hydrolysis) is 1. The Morgan fingerprint density at radius 2 is 1.60 bits per heavy atom. The van der Waals surface area contributed by atoms with Gasteiger partial charge >= 0.3 is 12.1 Å². The third kappa shape index (κ3) is 6.02. The van der Waals surface area contributed by atoms with Crippen LogP contribution in [0.4, 0.5) is 4.79 Å². The number of aliphatic carboxylic acids is 1. The van der Waals surface area contributed by atoms with Gasteiger partial charge in [-0.2, -0.15) is 0 Å². The molecule has 3 atom stereocenters. The highest BCUT2D eigenvalue weighted by molar-refractivity contribution is 5.79. The molecule has 3 N–H and O–H groups in total. The molecule has 1 unspecified atom stereocenters. The lowest BCUT2D eigenvalue weighted by Gasteiger charge is -2.23. The second-order valence-corrected chi connectivity index (χ2v) is 9.67. The van der Waals surface area contributed by atoms with Crippen LogP contribution in [0.2, 0.25) is 0 Å². The Bertz CT molecular complexity index is 1020. The van der Waals surface area contributed by atoms with Crippen LogP contribution in [0.15, 0.2) is 48.5 Å². The van der Waals surface area contributed by atoms with E-state index in [1.807, 2.05) is 31.2 Å². The lowest BCUT2D eigenvalue weighted by molar-refractivity contribution is -0.143. The molecule has 4 rings (SSSR count). The van der Waals surface area contributed by atoms with E-state index in [-0.39, 0.29) is 36.9 Å². The van der Waals surface area contributed by atoms with Crippen molar-refractivity contribution in [2.45, 2.75) is 69.9 Å². The summed E-state index contributed by atoms with van der Waals surface area (Å²) in [6.07, 6.45) is 4.25. The second-order valence-electron chi connectivity index (χ2n) is 9.67. The Kier molecular flexibility index (Phi) is 8.06. The fourth-order valence-electron chi connectivity index (χ4n) is 5.32. The standard InChI is InChI=1S/C28H34N2O5/c1-18(15-16-26(31)30-25-14-4-2-3-13-23(25)27(32)33)29-28(34)35-17-24-21-11-7-5-9-19(21)20-10-6-8-12-22(20)24/h5-12,18,23-25H,2-4,13-17H2,1H3,(H,29,34)(H,30,31)(H,32,33)/t18?,23-,25+/m0/s1. The lowest BCUT2D eigenvalue weighted by Crippen LogP contribution is -2.43. The summed E-state index contributed by atoms with van der Waals surface area (Å²) in [7, 11) is 0. The zero-order valence-corrected chi connectivity index (χ0v) is 20.2. The fourth-order valence-corrected chi connectivity index (χ4v) is 5.32. The molecule has 2 aliphatic carbocycles. The average Bonchev–Trinajstić information content (AvgIpc) is 2.97. The molecule has 2 aromatic carbocycles. The molecule has 7 nitrogen and oxygen atoms in total. The van der Waals surface area contributed by atoms with Gasteiger partial charge in [-0.15, -0.1) is 0 Å². The maximum Gasteiger partial charge on any atom is 0.407 e. The van der Waals surface area contributed by atoms with Crippen LogP contribution in [0.1, 0.15) is 68.9 Å². The number of hydrogen-bond donors (Lipinski definition) is 3. The molecule has 1 fully saturated rings. The quantitative estimate of drug-likeness (QED) is 0.471. The minimum absolute atomic E-state index is 0.00371. The summed E-state index contributed by atoms with van der Waals surface area (Å²) < 4.78 is 5.58. The van der Waals surface area contributed by atoms with Gasteiger partial charge in [0, 0.05) is 24.4 Å². The molecule has 0 saturated heterocycles. The molecular formula is C28H34N2O5. The maximum absolute atomic E-state index is 12.5. The van der Waals surface area contributed by atoms with E-state index in [4.69, 9.17) is 4.74 Å². The highest BCUT2D eigenvalue weighted by atomic mass is 16.5.